The average Bonchev–Trinajstić information content (AvgIpc) is 2.17. The molecule has 0 aliphatic heterocycles. The van der Waals surface area contributed by atoms with E-state index in [0.29, 0.717) is 6.16 Å². The van der Waals surface area contributed by atoms with Gasteiger partial charge in [-0.25, -0.2) is 0 Å². The fourth-order valence-corrected chi connectivity index (χ4v) is 2.02. The van der Waals surface area contributed by atoms with Crippen LogP contribution in [0, 0.1) is 0 Å². The van der Waals surface area contributed by atoms with Gasteiger partial charge in [0.1, 0.15) is 0 Å². The van der Waals surface area contributed by atoms with Gasteiger partial charge in [0.15, 0.2) is 8.38 Å². The first kappa shape index (κ1) is 9.60. The van der Waals surface area contributed by atoms with Crippen LogP contribution in [0.5, 0.6) is 0 Å². The lowest BCUT2D eigenvalue weighted by Gasteiger charge is -2.04. The molecule has 0 spiro atoms. The number of rotatable bonds is 2. The number of fused-ring (bicyclic) bond motifs is 1. The zero-order valence-corrected chi connectivity index (χ0v) is 8.48. The summed E-state index contributed by atoms with van der Waals surface area (Å²) in [7, 11) is -1.83. The minimum absolute atomic E-state index is 0.347. The van der Waals surface area contributed by atoms with E-state index >= 15 is 0 Å². The van der Waals surface area contributed by atoms with Gasteiger partial charge in [0.05, 0.1) is 0 Å². The lowest BCUT2D eigenvalue weighted by atomic mass is 10.1. The van der Waals surface area contributed by atoms with Gasteiger partial charge in [0.2, 0.25) is 0 Å². The molecule has 2 aromatic rings. The Hall–Kier alpha value is -0.950. The lowest BCUT2D eigenvalue weighted by Crippen LogP contribution is -1.83. The summed E-state index contributed by atoms with van der Waals surface area (Å²) in [5.74, 6) is 0. The van der Waals surface area contributed by atoms with Crippen molar-refractivity contribution in [2.75, 3.05) is 0 Å². The molecule has 0 saturated heterocycles. The van der Waals surface area contributed by atoms with Gasteiger partial charge in [-0.2, -0.15) is 0 Å². The number of hydrogen-bond acceptors (Lipinski definition) is 2. The Morgan fingerprint density at radius 2 is 1.64 bits per heavy atom. The van der Waals surface area contributed by atoms with E-state index in [-0.39, 0.29) is 0 Å². The second kappa shape index (κ2) is 4.05. The van der Waals surface area contributed by atoms with Crippen LogP contribution in [-0.2, 0) is 6.16 Å². The molecule has 0 aromatic heterocycles. The van der Waals surface area contributed by atoms with E-state index < -0.39 is 8.38 Å². The predicted molar refractivity (Wildman–Crippen MR) is 59.0 cm³/mol. The summed E-state index contributed by atoms with van der Waals surface area (Å²) in [5.41, 5.74) is 0.972. The Kier molecular flexibility index (Phi) is 2.78. The molecule has 3 heteroatoms. The summed E-state index contributed by atoms with van der Waals surface area (Å²) in [6.45, 7) is 0. The first-order valence-electron chi connectivity index (χ1n) is 4.39. The summed E-state index contributed by atoms with van der Waals surface area (Å²) in [6.07, 6.45) is 0.347. The maximum atomic E-state index is 8.90. The molecule has 0 amide bonds. The van der Waals surface area contributed by atoms with Gasteiger partial charge in [-0.1, -0.05) is 42.5 Å². The van der Waals surface area contributed by atoms with Gasteiger partial charge in [-0.3, -0.25) is 0 Å². The molecule has 0 unspecified atom stereocenters. The molecule has 0 aliphatic carbocycles. The minimum atomic E-state index is -1.83. The average molecular weight is 206 g/mol. The van der Waals surface area contributed by atoms with E-state index in [4.69, 9.17) is 9.79 Å². The minimum Gasteiger partial charge on any atom is -0.350 e. The van der Waals surface area contributed by atoms with Gasteiger partial charge >= 0.3 is 0 Å². The van der Waals surface area contributed by atoms with Crippen LogP contribution >= 0.6 is 8.38 Å². The highest BCUT2D eigenvalue weighted by Crippen LogP contribution is 2.30. The van der Waals surface area contributed by atoms with Gasteiger partial charge in [0.25, 0.3) is 0 Å². The largest absolute Gasteiger partial charge is 0.350 e. The third kappa shape index (κ3) is 2.10. The Morgan fingerprint density at radius 1 is 0.929 bits per heavy atom. The predicted octanol–water partition coefficient (Wildman–Crippen LogP) is 2.64. The van der Waals surface area contributed by atoms with Crippen molar-refractivity contribution in [2.24, 2.45) is 0 Å². The molecule has 2 aromatic carbocycles. The topological polar surface area (TPSA) is 40.5 Å². The third-order valence-electron chi connectivity index (χ3n) is 2.14. The molecule has 0 fully saturated rings. The molecule has 0 saturated carbocycles. The summed E-state index contributed by atoms with van der Waals surface area (Å²) >= 11 is 0. The van der Waals surface area contributed by atoms with Crippen LogP contribution in [0.1, 0.15) is 5.56 Å². The Balaban J connectivity index is 2.41. The molecule has 72 valence electrons. The third-order valence-corrected chi connectivity index (χ3v) is 2.79. The Bertz CT molecular complexity index is 440. The van der Waals surface area contributed by atoms with E-state index in [9.17, 15) is 0 Å². The second-order valence-corrected chi connectivity index (χ2v) is 4.27. The monoisotopic (exact) mass is 206 g/mol. The van der Waals surface area contributed by atoms with Crippen molar-refractivity contribution < 1.29 is 9.79 Å². The fraction of sp³-hybridized carbons (Fsp3) is 0.0909. The van der Waals surface area contributed by atoms with E-state index in [2.05, 4.69) is 0 Å². The van der Waals surface area contributed by atoms with Crippen LogP contribution in [0.15, 0.2) is 42.5 Å². The molecular weight excluding hydrogens is 195 g/mol. The fourth-order valence-electron chi connectivity index (χ4n) is 1.50. The van der Waals surface area contributed by atoms with Crippen molar-refractivity contribution in [3.63, 3.8) is 0 Å². The molecule has 2 rings (SSSR count). The van der Waals surface area contributed by atoms with Crippen molar-refractivity contribution in [1.29, 1.82) is 0 Å². The zero-order chi connectivity index (χ0) is 9.97. The standard InChI is InChI=1S/C11H11O2P/c12-14(13)8-9-5-6-10-3-1-2-4-11(10)7-9/h1-7,12-13H,8H2. The summed E-state index contributed by atoms with van der Waals surface area (Å²) in [6, 6.07) is 14.0. The van der Waals surface area contributed by atoms with Crippen molar-refractivity contribution in [3.8, 4) is 0 Å². The summed E-state index contributed by atoms with van der Waals surface area (Å²) in [5, 5.41) is 2.32. The summed E-state index contributed by atoms with van der Waals surface area (Å²) < 4.78 is 0. The number of benzene rings is 2. The molecule has 0 aliphatic rings. The number of hydrogen-bond donors (Lipinski definition) is 2. The Labute approximate surface area is 83.7 Å². The van der Waals surface area contributed by atoms with Crippen molar-refractivity contribution in [2.45, 2.75) is 6.16 Å². The molecule has 2 N–H and O–H groups in total. The summed E-state index contributed by atoms with van der Waals surface area (Å²) in [4.78, 5) is 17.8. The van der Waals surface area contributed by atoms with Gasteiger partial charge in [0, 0.05) is 6.16 Å². The normalized spacial score (nSPS) is 11.1. The van der Waals surface area contributed by atoms with Crippen LogP contribution < -0.4 is 0 Å². The Morgan fingerprint density at radius 3 is 2.36 bits per heavy atom. The van der Waals surface area contributed by atoms with Crippen LogP contribution in [0.2, 0.25) is 0 Å². The molecule has 0 radical (unpaired) electrons. The van der Waals surface area contributed by atoms with Crippen LogP contribution in [0.4, 0.5) is 0 Å². The van der Waals surface area contributed by atoms with E-state index in [1.165, 1.54) is 5.39 Å². The molecule has 14 heavy (non-hydrogen) atoms. The van der Waals surface area contributed by atoms with E-state index in [1.807, 2.05) is 42.5 Å². The van der Waals surface area contributed by atoms with Crippen molar-refractivity contribution in [1.82, 2.24) is 0 Å². The van der Waals surface area contributed by atoms with Gasteiger partial charge in [-0.15, -0.1) is 0 Å². The van der Waals surface area contributed by atoms with Crippen molar-refractivity contribution in [3.05, 3.63) is 48.0 Å². The van der Waals surface area contributed by atoms with Crippen LogP contribution in [0.3, 0.4) is 0 Å². The molecular formula is C11H11O2P. The highest BCUT2D eigenvalue weighted by molar-refractivity contribution is 7.44. The zero-order valence-electron chi connectivity index (χ0n) is 7.59. The first-order valence-corrected chi connectivity index (χ1v) is 5.82. The quantitative estimate of drug-likeness (QED) is 0.741. The lowest BCUT2D eigenvalue weighted by molar-refractivity contribution is 0.481. The highest BCUT2D eigenvalue weighted by atomic mass is 31.2. The smallest absolute Gasteiger partial charge is 0.169 e. The SMILES string of the molecule is OP(O)Cc1ccc2ccccc2c1. The molecule has 0 bridgehead atoms. The maximum absolute atomic E-state index is 8.90. The molecule has 0 atom stereocenters. The molecule has 2 nitrogen and oxygen atoms in total. The van der Waals surface area contributed by atoms with Gasteiger partial charge < -0.3 is 9.79 Å². The van der Waals surface area contributed by atoms with Crippen molar-refractivity contribution >= 4 is 19.1 Å². The second-order valence-electron chi connectivity index (χ2n) is 3.21. The highest BCUT2D eigenvalue weighted by Gasteiger charge is 2.01. The van der Waals surface area contributed by atoms with E-state index in [0.717, 1.165) is 10.9 Å². The molecule has 0 heterocycles. The van der Waals surface area contributed by atoms with Crippen LogP contribution in [0.25, 0.3) is 10.8 Å². The maximum Gasteiger partial charge on any atom is 0.169 e. The van der Waals surface area contributed by atoms with Gasteiger partial charge in [-0.05, 0) is 16.3 Å². The van der Waals surface area contributed by atoms with Crippen LogP contribution in [-0.4, -0.2) is 9.79 Å². The first-order chi connectivity index (χ1) is 6.75. The van der Waals surface area contributed by atoms with E-state index in [1.54, 1.807) is 0 Å².